The molecule has 0 radical (unpaired) electrons. The third kappa shape index (κ3) is 5.71. The zero-order valence-electron chi connectivity index (χ0n) is 17.7. The summed E-state index contributed by atoms with van der Waals surface area (Å²) in [6.07, 6.45) is 5.64. The molecule has 1 atom stereocenters. The summed E-state index contributed by atoms with van der Waals surface area (Å²) >= 11 is 3.37. The summed E-state index contributed by atoms with van der Waals surface area (Å²) in [5, 5.41) is 2.90. The number of amides is 2. The molecule has 0 saturated carbocycles. The largest absolute Gasteiger partial charge is 0.352 e. The van der Waals surface area contributed by atoms with Gasteiger partial charge >= 0.3 is 0 Å². The van der Waals surface area contributed by atoms with Gasteiger partial charge < -0.3 is 10.2 Å². The van der Waals surface area contributed by atoms with E-state index in [0.29, 0.717) is 12.1 Å². The quantitative estimate of drug-likeness (QED) is 0.428. The van der Waals surface area contributed by atoms with Crippen LogP contribution in [0.15, 0.2) is 46.9 Å². The van der Waals surface area contributed by atoms with Gasteiger partial charge in [0, 0.05) is 29.5 Å². The highest BCUT2D eigenvalue weighted by molar-refractivity contribution is 9.10. The second kappa shape index (κ2) is 10.4. The van der Waals surface area contributed by atoms with Crippen LogP contribution in [0, 0.1) is 12.3 Å². The van der Waals surface area contributed by atoms with Crippen molar-refractivity contribution in [3.63, 3.8) is 0 Å². The van der Waals surface area contributed by atoms with Crippen molar-refractivity contribution in [3.05, 3.63) is 69.2 Å². The van der Waals surface area contributed by atoms with Crippen molar-refractivity contribution in [2.45, 2.75) is 45.3 Å². The Morgan fingerprint density at radius 2 is 1.84 bits per heavy atom. The van der Waals surface area contributed by atoms with Gasteiger partial charge in [0.25, 0.3) is 5.91 Å². The maximum absolute atomic E-state index is 12.8. The predicted molar refractivity (Wildman–Crippen MR) is 124 cm³/mol. The molecule has 1 N–H and O–H groups in total. The first-order valence-electron chi connectivity index (χ1n) is 10.2. The third-order valence-corrected chi connectivity index (χ3v) is 5.95. The second-order valence-corrected chi connectivity index (χ2v) is 8.65. The predicted octanol–water partition coefficient (Wildman–Crippen LogP) is 3.20. The van der Waals surface area contributed by atoms with Crippen LogP contribution in [0.4, 0.5) is 0 Å². The van der Waals surface area contributed by atoms with Crippen LogP contribution in [0.2, 0.25) is 0 Å². The van der Waals surface area contributed by atoms with E-state index < -0.39 is 6.04 Å². The zero-order chi connectivity index (χ0) is 23.3. The summed E-state index contributed by atoms with van der Waals surface area (Å²) in [7, 11) is 0. The Labute approximate surface area is 195 Å². The molecule has 32 heavy (non-hydrogen) atoms. The topological polar surface area (TPSA) is 83.6 Å². The van der Waals surface area contributed by atoms with Crippen molar-refractivity contribution < 1.29 is 19.2 Å². The molecule has 7 heteroatoms. The molecule has 164 valence electrons. The van der Waals surface area contributed by atoms with Gasteiger partial charge in [-0.2, -0.15) is 0 Å². The average Bonchev–Trinajstić information content (AvgIpc) is 3.09. The van der Waals surface area contributed by atoms with Crippen LogP contribution in [-0.4, -0.2) is 34.3 Å². The highest BCUT2D eigenvalue weighted by Crippen LogP contribution is 2.27. The van der Waals surface area contributed by atoms with Gasteiger partial charge in [0.1, 0.15) is 0 Å². The maximum Gasteiger partial charge on any atom is 0.255 e. The van der Waals surface area contributed by atoms with Gasteiger partial charge in [0.15, 0.2) is 5.78 Å². The normalized spacial score (nSPS) is 13.3. The van der Waals surface area contributed by atoms with E-state index in [4.69, 9.17) is 6.42 Å². The SMILES string of the molecule is C#CC(=O)CCC(C(C)=O)N1Cc2cc(CNC(=O)Cc3ccc(Br)cc3)ccc2C1=O. The van der Waals surface area contributed by atoms with Crippen LogP contribution in [0.5, 0.6) is 0 Å². The lowest BCUT2D eigenvalue weighted by Gasteiger charge is -2.25. The van der Waals surface area contributed by atoms with Gasteiger partial charge in [-0.15, -0.1) is 6.42 Å². The Morgan fingerprint density at radius 1 is 1.16 bits per heavy atom. The van der Waals surface area contributed by atoms with Crippen LogP contribution < -0.4 is 5.32 Å². The number of nitrogens with zero attached hydrogens (tertiary/aromatic N) is 1. The van der Waals surface area contributed by atoms with Crippen LogP contribution >= 0.6 is 15.9 Å². The first kappa shape index (κ1) is 23.4. The lowest BCUT2D eigenvalue weighted by atomic mass is 10.0. The van der Waals surface area contributed by atoms with E-state index in [0.717, 1.165) is 21.2 Å². The number of hydrogen-bond acceptors (Lipinski definition) is 4. The molecule has 1 unspecified atom stereocenters. The number of fused-ring (bicyclic) bond motifs is 1. The standard InChI is InChI=1S/C25H23BrN2O4/c1-3-21(30)9-11-23(16(2)29)28-15-19-12-18(6-10-22(19)25(28)32)14-27-24(31)13-17-4-7-20(26)8-5-17/h1,4-8,10,12,23H,9,11,13-15H2,2H3,(H,27,31). The van der Waals surface area contributed by atoms with Crippen LogP contribution in [0.3, 0.4) is 0 Å². The Hall–Kier alpha value is -3.24. The van der Waals surface area contributed by atoms with Crippen LogP contribution in [0.1, 0.15) is 46.8 Å². The van der Waals surface area contributed by atoms with E-state index in [1.165, 1.54) is 11.8 Å². The van der Waals surface area contributed by atoms with Gasteiger partial charge in [-0.05, 0) is 54.2 Å². The fourth-order valence-electron chi connectivity index (χ4n) is 3.73. The van der Waals surface area contributed by atoms with Crippen molar-refractivity contribution in [1.29, 1.82) is 0 Å². The Kier molecular flexibility index (Phi) is 7.60. The minimum atomic E-state index is -0.693. The number of ketones is 2. The van der Waals surface area contributed by atoms with Gasteiger partial charge in [-0.3, -0.25) is 19.2 Å². The molecule has 1 heterocycles. The van der Waals surface area contributed by atoms with Crippen LogP contribution in [-0.2, 0) is 33.9 Å². The second-order valence-electron chi connectivity index (χ2n) is 7.74. The number of Topliss-reactive ketones (excluding diaryl/α,β-unsaturated/α-hetero) is 2. The Morgan fingerprint density at radius 3 is 2.50 bits per heavy atom. The van der Waals surface area contributed by atoms with Crippen molar-refractivity contribution in [2.24, 2.45) is 0 Å². The molecule has 2 aromatic rings. The molecule has 3 rings (SSSR count). The number of hydrogen-bond donors (Lipinski definition) is 1. The molecule has 0 fully saturated rings. The molecule has 1 aliphatic heterocycles. The molecule has 0 spiro atoms. The van der Waals surface area contributed by atoms with Gasteiger partial charge in [-0.25, -0.2) is 0 Å². The third-order valence-electron chi connectivity index (χ3n) is 5.42. The van der Waals surface area contributed by atoms with Crippen molar-refractivity contribution >= 4 is 39.3 Å². The van der Waals surface area contributed by atoms with Gasteiger partial charge in [-0.1, -0.05) is 40.2 Å². The lowest BCUT2D eigenvalue weighted by Crippen LogP contribution is -2.40. The average molecular weight is 495 g/mol. The molecule has 0 aliphatic carbocycles. The number of carbonyl (C=O) groups is 4. The molecular formula is C25H23BrN2O4. The zero-order valence-corrected chi connectivity index (χ0v) is 19.3. The molecule has 0 saturated heterocycles. The number of carbonyl (C=O) groups excluding carboxylic acids is 4. The van der Waals surface area contributed by atoms with Crippen LogP contribution in [0.25, 0.3) is 0 Å². The molecule has 2 aromatic carbocycles. The molecule has 1 aliphatic rings. The van der Waals surface area contributed by atoms with E-state index in [9.17, 15) is 19.2 Å². The van der Waals surface area contributed by atoms with E-state index in [2.05, 4.69) is 21.2 Å². The number of halogens is 1. The molecule has 6 nitrogen and oxygen atoms in total. The molecule has 2 amide bonds. The maximum atomic E-state index is 12.8. The molecular weight excluding hydrogens is 472 g/mol. The number of terminal acetylenes is 1. The van der Waals surface area contributed by atoms with E-state index >= 15 is 0 Å². The highest BCUT2D eigenvalue weighted by atomic mass is 79.9. The van der Waals surface area contributed by atoms with Gasteiger partial charge in [0.2, 0.25) is 11.7 Å². The fourth-order valence-corrected chi connectivity index (χ4v) is 3.99. The number of rotatable bonds is 9. The monoisotopic (exact) mass is 494 g/mol. The first-order valence-corrected chi connectivity index (χ1v) is 11.0. The highest BCUT2D eigenvalue weighted by Gasteiger charge is 2.35. The van der Waals surface area contributed by atoms with Gasteiger partial charge in [0.05, 0.1) is 12.5 Å². The summed E-state index contributed by atoms with van der Waals surface area (Å²) in [5.74, 6) is 1.13. The first-order chi connectivity index (χ1) is 15.3. The molecule has 0 bridgehead atoms. The fraction of sp³-hybridized carbons (Fsp3) is 0.280. The minimum absolute atomic E-state index is 0.0521. The molecule has 0 aromatic heterocycles. The number of nitrogens with one attached hydrogen (secondary N) is 1. The van der Waals surface area contributed by atoms with E-state index in [1.807, 2.05) is 36.3 Å². The van der Waals surface area contributed by atoms with Crippen molar-refractivity contribution in [1.82, 2.24) is 10.2 Å². The van der Waals surface area contributed by atoms with E-state index in [1.54, 1.807) is 12.1 Å². The minimum Gasteiger partial charge on any atom is -0.352 e. The lowest BCUT2D eigenvalue weighted by molar-refractivity contribution is -0.122. The Balaban J connectivity index is 1.63. The summed E-state index contributed by atoms with van der Waals surface area (Å²) in [5.41, 5.74) is 3.11. The summed E-state index contributed by atoms with van der Waals surface area (Å²) in [6.45, 7) is 2.03. The van der Waals surface area contributed by atoms with Crippen molar-refractivity contribution in [2.75, 3.05) is 0 Å². The summed E-state index contributed by atoms with van der Waals surface area (Å²) in [6, 6.07) is 12.3. The smallest absolute Gasteiger partial charge is 0.255 e. The summed E-state index contributed by atoms with van der Waals surface area (Å²) in [4.78, 5) is 50.2. The van der Waals surface area contributed by atoms with Crippen molar-refractivity contribution in [3.8, 4) is 12.3 Å². The summed E-state index contributed by atoms with van der Waals surface area (Å²) < 4.78 is 0.957. The number of benzene rings is 2. The Bertz CT molecular complexity index is 1100. The van der Waals surface area contributed by atoms with E-state index in [-0.39, 0.29) is 49.2 Å².